The third-order valence-corrected chi connectivity index (χ3v) is 8.80. The molecule has 4 rings (SSSR count). The average molecular weight is 457 g/mol. The molecule has 0 spiro atoms. The van der Waals surface area contributed by atoms with Crippen LogP contribution in [0.25, 0.3) is 0 Å². The number of piperidine rings is 1. The second kappa shape index (κ2) is 11.8. The number of nitrogens with zero attached hydrogens (tertiary/aromatic N) is 1. The number of amides is 1. The molecule has 0 aliphatic carbocycles. The van der Waals surface area contributed by atoms with Gasteiger partial charge in [-0.3, -0.25) is 9.69 Å². The lowest BCUT2D eigenvalue weighted by Gasteiger charge is -2.27. The van der Waals surface area contributed by atoms with Crippen molar-refractivity contribution in [1.29, 1.82) is 0 Å². The highest BCUT2D eigenvalue weighted by Crippen LogP contribution is 2.43. The molecule has 2 fully saturated rings. The molecule has 166 valence electrons. The number of hydrogen-bond acceptors (Lipinski definition) is 5. The van der Waals surface area contributed by atoms with Crippen molar-refractivity contribution in [3.63, 3.8) is 0 Å². The Labute approximate surface area is 194 Å². The normalized spacial score (nSPS) is 17.9. The molecule has 31 heavy (non-hydrogen) atoms. The van der Waals surface area contributed by atoms with E-state index in [1.54, 1.807) is 0 Å². The van der Waals surface area contributed by atoms with Gasteiger partial charge in [0.15, 0.2) is 6.61 Å². The molecule has 2 aliphatic heterocycles. The molecule has 0 radical (unpaired) electrons. The van der Waals surface area contributed by atoms with E-state index in [1.807, 2.05) is 41.7 Å². The highest BCUT2D eigenvalue weighted by Gasteiger charge is 2.16. The quantitative estimate of drug-likeness (QED) is 0.589. The summed E-state index contributed by atoms with van der Waals surface area (Å²) in [6.45, 7) is 3.89. The fourth-order valence-electron chi connectivity index (χ4n) is 4.04. The number of hydrogen-bond donors (Lipinski definition) is 1. The summed E-state index contributed by atoms with van der Waals surface area (Å²) >= 11 is 4.02. The van der Waals surface area contributed by atoms with Gasteiger partial charge in [-0.2, -0.15) is 0 Å². The number of carbonyl (C=O) groups excluding carboxylic acids is 1. The van der Waals surface area contributed by atoms with E-state index < -0.39 is 0 Å². The van der Waals surface area contributed by atoms with Crippen LogP contribution in [0.2, 0.25) is 0 Å². The summed E-state index contributed by atoms with van der Waals surface area (Å²) in [7, 11) is 0. The van der Waals surface area contributed by atoms with Crippen LogP contribution >= 0.6 is 23.5 Å². The third kappa shape index (κ3) is 6.93. The largest absolute Gasteiger partial charge is 0.484 e. The van der Waals surface area contributed by atoms with Crippen molar-refractivity contribution >= 4 is 29.4 Å². The number of carbonyl (C=O) groups is 1. The van der Waals surface area contributed by atoms with E-state index in [-0.39, 0.29) is 12.5 Å². The third-order valence-electron chi connectivity index (χ3n) is 5.79. The van der Waals surface area contributed by atoms with Crippen molar-refractivity contribution in [2.24, 2.45) is 0 Å². The van der Waals surface area contributed by atoms with Gasteiger partial charge in [-0.15, -0.1) is 23.5 Å². The molecule has 0 saturated carbocycles. The molecule has 2 saturated heterocycles. The van der Waals surface area contributed by atoms with Crippen LogP contribution in [0, 0.1) is 0 Å². The van der Waals surface area contributed by atoms with Gasteiger partial charge in [-0.05, 0) is 72.7 Å². The molecule has 6 heteroatoms. The van der Waals surface area contributed by atoms with Gasteiger partial charge in [0.25, 0.3) is 5.91 Å². The van der Waals surface area contributed by atoms with Crippen molar-refractivity contribution < 1.29 is 9.53 Å². The molecule has 0 atom stereocenters. The molecule has 2 aliphatic rings. The zero-order valence-electron chi connectivity index (χ0n) is 18.1. The van der Waals surface area contributed by atoms with E-state index >= 15 is 0 Å². The van der Waals surface area contributed by atoms with Gasteiger partial charge in [-0.1, -0.05) is 42.8 Å². The van der Waals surface area contributed by atoms with Gasteiger partial charge in [-0.25, -0.2) is 0 Å². The first-order valence-electron chi connectivity index (χ1n) is 11.3. The predicted molar refractivity (Wildman–Crippen MR) is 132 cm³/mol. The number of ether oxygens (including phenoxy) is 1. The van der Waals surface area contributed by atoms with Crippen LogP contribution in [0.4, 0.5) is 0 Å². The smallest absolute Gasteiger partial charge is 0.258 e. The van der Waals surface area contributed by atoms with Crippen LogP contribution in [-0.4, -0.2) is 42.0 Å². The number of nitrogens with one attached hydrogen (secondary N) is 1. The van der Waals surface area contributed by atoms with Crippen molar-refractivity contribution in [2.45, 2.75) is 43.4 Å². The lowest BCUT2D eigenvalue weighted by atomic mass is 10.0. The van der Waals surface area contributed by atoms with E-state index in [2.05, 4.69) is 40.5 Å². The van der Waals surface area contributed by atoms with E-state index in [9.17, 15) is 4.79 Å². The van der Waals surface area contributed by atoms with Crippen LogP contribution in [0.15, 0.2) is 48.5 Å². The Morgan fingerprint density at radius 1 is 0.935 bits per heavy atom. The Bertz CT molecular complexity index is 832. The highest BCUT2D eigenvalue weighted by atomic mass is 32.2. The monoisotopic (exact) mass is 456 g/mol. The Morgan fingerprint density at radius 3 is 2.39 bits per heavy atom. The number of likely N-dealkylation sites (tertiary alicyclic amines) is 1. The molecule has 0 unspecified atom stereocenters. The summed E-state index contributed by atoms with van der Waals surface area (Å²) in [6.07, 6.45) is 5.21. The topological polar surface area (TPSA) is 41.6 Å². The fourth-order valence-corrected chi connectivity index (χ4v) is 6.93. The standard InChI is InChI=1S/C25H32N2O2S2/c28-24(19-29-23-11-9-20(10-12-23)25-30-15-6-16-31-25)26-17-21-7-2-3-8-22(21)18-27-13-4-1-5-14-27/h2-3,7-12,25H,1,4-6,13-19H2,(H,26,28). The molecule has 1 amide bonds. The van der Waals surface area contributed by atoms with Gasteiger partial charge in [0.2, 0.25) is 0 Å². The van der Waals surface area contributed by atoms with Crippen LogP contribution in [0.1, 0.15) is 47.0 Å². The number of rotatable bonds is 8. The second-order valence-corrected chi connectivity index (χ2v) is 10.9. The zero-order valence-corrected chi connectivity index (χ0v) is 19.7. The Hall–Kier alpha value is -1.63. The Kier molecular flexibility index (Phi) is 8.62. The number of thioether (sulfide) groups is 2. The molecule has 2 aromatic rings. The Balaban J connectivity index is 1.23. The van der Waals surface area contributed by atoms with E-state index in [0.717, 1.165) is 12.3 Å². The maximum absolute atomic E-state index is 12.4. The minimum Gasteiger partial charge on any atom is -0.484 e. The minimum atomic E-state index is -0.0877. The first kappa shape index (κ1) is 22.6. The summed E-state index contributed by atoms with van der Waals surface area (Å²) in [5.41, 5.74) is 3.82. The lowest BCUT2D eigenvalue weighted by molar-refractivity contribution is -0.123. The molecule has 2 heterocycles. The molecule has 4 nitrogen and oxygen atoms in total. The zero-order chi connectivity index (χ0) is 21.3. The van der Waals surface area contributed by atoms with Crippen molar-refractivity contribution in [1.82, 2.24) is 10.2 Å². The summed E-state index contributed by atoms with van der Waals surface area (Å²) < 4.78 is 6.24. The second-order valence-electron chi connectivity index (χ2n) is 8.17. The SMILES string of the molecule is O=C(COc1ccc(C2SCCCS2)cc1)NCc1ccccc1CN1CCCCC1. The predicted octanol–water partition coefficient (Wildman–Crippen LogP) is 5.24. The molecular formula is C25H32N2O2S2. The van der Waals surface area contributed by atoms with Crippen LogP contribution in [0.5, 0.6) is 5.75 Å². The maximum Gasteiger partial charge on any atom is 0.258 e. The van der Waals surface area contributed by atoms with Gasteiger partial charge in [0.05, 0.1) is 4.58 Å². The average Bonchev–Trinajstić information content (AvgIpc) is 2.84. The highest BCUT2D eigenvalue weighted by molar-refractivity contribution is 8.16. The van der Waals surface area contributed by atoms with Crippen molar-refractivity contribution in [3.05, 3.63) is 65.2 Å². The molecule has 2 aromatic carbocycles. The van der Waals surface area contributed by atoms with E-state index in [0.29, 0.717) is 11.1 Å². The summed E-state index contributed by atoms with van der Waals surface area (Å²) in [4.78, 5) is 14.9. The van der Waals surface area contributed by atoms with Crippen LogP contribution < -0.4 is 10.1 Å². The lowest BCUT2D eigenvalue weighted by Crippen LogP contribution is -2.31. The van der Waals surface area contributed by atoms with Crippen LogP contribution in [-0.2, 0) is 17.9 Å². The van der Waals surface area contributed by atoms with Crippen molar-refractivity contribution in [2.75, 3.05) is 31.2 Å². The molecule has 0 bridgehead atoms. The number of benzene rings is 2. The summed E-state index contributed by atoms with van der Waals surface area (Å²) in [5, 5.41) is 3.02. The van der Waals surface area contributed by atoms with Crippen molar-refractivity contribution in [3.8, 4) is 5.75 Å². The van der Waals surface area contributed by atoms with Crippen LogP contribution in [0.3, 0.4) is 0 Å². The summed E-state index contributed by atoms with van der Waals surface area (Å²) in [6, 6.07) is 16.6. The molecule has 1 N–H and O–H groups in total. The fraction of sp³-hybridized carbons (Fsp3) is 0.480. The first-order chi connectivity index (χ1) is 15.3. The van der Waals surface area contributed by atoms with E-state index in [4.69, 9.17) is 4.74 Å². The molecular weight excluding hydrogens is 424 g/mol. The Morgan fingerprint density at radius 2 is 1.65 bits per heavy atom. The van der Waals surface area contributed by atoms with E-state index in [1.165, 1.54) is 67.0 Å². The first-order valence-corrected chi connectivity index (χ1v) is 13.4. The van der Waals surface area contributed by atoms with Gasteiger partial charge < -0.3 is 10.1 Å². The minimum absolute atomic E-state index is 0.0422. The maximum atomic E-state index is 12.4. The van der Waals surface area contributed by atoms with Gasteiger partial charge in [0, 0.05) is 13.1 Å². The molecule has 0 aromatic heterocycles. The van der Waals surface area contributed by atoms with Gasteiger partial charge in [0.1, 0.15) is 5.75 Å². The summed E-state index contributed by atoms with van der Waals surface area (Å²) in [5.74, 6) is 3.12. The van der Waals surface area contributed by atoms with Gasteiger partial charge >= 0.3 is 0 Å².